The highest BCUT2D eigenvalue weighted by atomic mass is 16.2. The Hall–Kier alpha value is -1.16. The van der Waals surface area contributed by atoms with Crippen molar-refractivity contribution < 1.29 is 5.11 Å². The van der Waals surface area contributed by atoms with E-state index in [2.05, 4.69) is 15.3 Å². The number of hydrogen-bond acceptors (Lipinski definition) is 4. The Morgan fingerprint density at radius 2 is 1.93 bits per heavy atom. The molecular formula is C10H17N3O. The van der Waals surface area contributed by atoms with Crippen LogP contribution in [0.1, 0.15) is 24.8 Å². The molecule has 0 radical (unpaired) electrons. The van der Waals surface area contributed by atoms with Gasteiger partial charge in [-0.15, -0.1) is 0 Å². The molecule has 1 aromatic rings. The first kappa shape index (κ1) is 10.9. The van der Waals surface area contributed by atoms with Crippen molar-refractivity contribution in [2.75, 3.05) is 18.5 Å². The molecule has 0 atom stereocenters. The highest BCUT2D eigenvalue weighted by Crippen LogP contribution is 2.00. The van der Waals surface area contributed by atoms with Gasteiger partial charge in [0.25, 0.3) is 0 Å². The van der Waals surface area contributed by atoms with Crippen molar-refractivity contribution in [1.29, 1.82) is 0 Å². The van der Waals surface area contributed by atoms with E-state index in [0.717, 1.165) is 31.4 Å². The smallest absolute Gasteiger partial charge is 0.222 e. The molecule has 4 nitrogen and oxygen atoms in total. The molecule has 78 valence electrons. The fourth-order valence-electron chi connectivity index (χ4n) is 1.10. The van der Waals surface area contributed by atoms with Crippen LogP contribution in [0.5, 0.6) is 0 Å². The first-order chi connectivity index (χ1) is 6.83. The zero-order valence-electron chi connectivity index (χ0n) is 8.53. The molecule has 0 aromatic carbocycles. The lowest BCUT2D eigenvalue weighted by Crippen LogP contribution is -2.05. The number of aryl methyl sites for hydroxylation is 1. The molecule has 0 aliphatic heterocycles. The lowest BCUT2D eigenvalue weighted by molar-refractivity contribution is 0.283. The minimum atomic E-state index is 0.279. The van der Waals surface area contributed by atoms with Crippen LogP contribution in [0.15, 0.2) is 12.4 Å². The number of nitrogens with zero attached hydrogens (tertiary/aromatic N) is 2. The van der Waals surface area contributed by atoms with Gasteiger partial charge in [-0.05, 0) is 31.7 Å². The van der Waals surface area contributed by atoms with Crippen LogP contribution in [0.4, 0.5) is 5.95 Å². The molecule has 0 amide bonds. The number of nitrogens with one attached hydrogen (secondary N) is 1. The molecule has 1 heterocycles. The maximum Gasteiger partial charge on any atom is 0.222 e. The minimum absolute atomic E-state index is 0.279. The Morgan fingerprint density at radius 1 is 1.21 bits per heavy atom. The Balaban J connectivity index is 2.15. The van der Waals surface area contributed by atoms with Crippen LogP contribution in [-0.4, -0.2) is 28.2 Å². The second-order valence-electron chi connectivity index (χ2n) is 3.30. The summed E-state index contributed by atoms with van der Waals surface area (Å²) < 4.78 is 0. The van der Waals surface area contributed by atoms with E-state index in [-0.39, 0.29) is 6.61 Å². The lowest BCUT2D eigenvalue weighted by Gasteiger charge is -2.03. The first-order valence-electron chi connectivity index (χ1n) is 4.96. The SMILES string of the molecule is Cc1cnc(NCCCCCO)nc1. The van der Waals surface area contributed by atoms with Gasteiger partial charge in [0.15, 0.2) is 0 Å². The summed E-state index contributed by atoms with van der Waals surface area (Å²) in [5, 5.41) is 11.7. The van der Waals surface area contributed by atoms with Gasteiger partial charge in [0.2, 0.25) is 5.95 Å². The average molecular weight is 195 g/mol. The van der Waals surface area contributed by atoms with Gasteiger partial charge < -0.3 is 10.4 Å². The molecule has 1 rings (SSSR count). The molecule has 0 saturated carbocycles. The van der Waals surface area contributed by atoms with Crippen molar-refractivity contribution in [3.63, 3.8) is 0 Å². The summed E-state index contributed by atoms with van der Waals surface area (Å²) in [5.74, 6) is 0.680. The maximum atomic E-state index is 8.57. The van der Waals surface area contributed by atoms with E-state index in [0.29, 0.717) is 5.95 Å². The number of unbranched alkanes of at least 4 members (excludes halogenated alkanes) is 2. The maximum absolute atomic E-state index is 8.57. The zero-order chi connectivity index (χ0) is 10.2. The van der Waals surface area contributed by atoms with Crippen LogP contribution in [0.3, 0.4) is 0 Å². The second kappa shape index (κ2) is 6.32. The Labute approximate surface area is 84.4 Å². The standard InChI is InChI=1S/C10H17N3O/c1-9-7-12-10(13-8-9)11-5-3-2-4-6-14/h7-8,14H,2-6H2,1H3,(H,11,12,13). The number of anilines is 1. The van der Waals surface area contributed by atoms with Crippen LogP contribution in [0, 0.1) is 6.92 Å². The number of aliphatic hydroxyl groups is 1. The normalized spacial score (nSPS) is 10.1. The Bertz CT molecular complexity index is 248. The zero-order valence-corrected chi connectivity index (χ0v) is 8.53. The van der Waals surface area contributed by atoms with Crippen molar-refractivity contribution in [1.82, 2.24) is 9.97 Å². The summed E-state index contributed by atoms with van der Waals surface area (Å²) in [7, 11) is 0. The third-order valence-corrected chi connectivity index (χ3v) is 1.90. The van der Waals surface area contributed by atoms with Gasteiger partial charge in [-0.25, -0.2) is 9.97 Å². The van der Waals surface area contributed by atoms with Gasteiger partial charge >= 0.3 is 0 Å². The minimum Gasteiger partial charge on any atom is -0.396 e. The van der Waals surface area contributed by atoms with E-state index in [4.69, 9.17) is 5.11 Å². The van der Waals surface area contributed by atoms with Crippen molar-refractivity contribution in [2.45, 2.75) is 26.2 Å². The molecular weight excluding hydrogens is 178 g/mol. The van der Waals surface area contributed by atoms with E-state index in [9.17, 15) is 0 Å². The number of aromatic nitrogens is 2. The summed E-state index contributed by atoms with van der Waals surface area (Å²) in [5.41, 5.74) is 1.07. The largest absolute Gasteiger partial charge is 0.396 e. The molecule has 0 aliphatic rings. The molecule has 2 N–H and O–H groups in total. The molecule has 4 heteroatoms. The first-order valence-corrected chi connectivity index (χ1v) is 4.96. The summed E-state index contributed by atoms with van der Waals surface area (Å²) in [6.07, 6.45) is 6.54. The molecule has 1 aromatic heterocycles. The molecule has 0 aliphatic carbocycles. The number of aliphatic hydroxyl groups excluding tert-OH is 1. The number of hydrogen-bond donors (Lipinski definition) is 2. The monoisotopic (exact) mass is 195 g/mol. The molecule has 0 saturated heterocycles. The Morgan fingerprint density at radius 3 is 2.57 bits per heavy atom. The summed E-state index contributed by atoms with van der Waals surface area (Å²) in [4.78, 5) is 8.25. The van der Waals surface area contributed by atoms with E-state index in [1.54, 1.807) is 12.4 Å². The topological polar surface area (TPSA) is 58.0 Å². The van der Waals surface area contributed by atoms with Gasteiger partial charge in [-0.3, -0.25) is 0 Å². The van der Waals surface area contributed by atoms with Gasteiger partial charge in [0, 0.05) is 25.5 Å². The van der Waals surface area contributed by atoms with Crippen LogP contribution < -0.4 is 5.32 Å². The third-order valence-electron chi connectivity index (χ3n) is 1.90. The van der Waals surface area contributed by atoms with Crippen LogP contribution in [0.25, 0.3) is 0 Å². The molecule has 0 spiro atoms. The van der Waals surface area contributed by atoms with E-state index in [1.165, 1.54) is 0 Å². The van der Waals surface area contributed by atoms with Gasteiger partial charge in [-0.2, -0.15) is 0 Å². The van der Waals surface area contributed by atoms with Crippen molar-refractivity contribution in [2.24, 2.45) is 0 Å². The fraction of sp³-hybridized carbons (Fsp3) is 0.600. The van der Waals surface area contributed by atoms with Crippen LogP contribution >= 0.6 is 0 Å². The quantitative estimate of drug-likeness (QED) is 0.673. The number of rotatable bonds is 6. The van der Waals surface area contributed by atoms with Gasteiger partial charge in [0.05, 0.1) is 0 Å². The van der Waals surface area contributed by atoms with Crippen LogP contribution in [-0.2, 0) is 0 Å². The Kier molecular flexibility index (Phi) is 4.93. The molecule has 0 fully saturated rings. The summed E-state index contributed by atoms with van der Waals surface area (Å²) in [6.45, 7) is 3.11. The summed E-state index contributed by atoms with van der Waals surface area (Å²) >= 11 is 0. The van der Waals surface area contributed by atoms with Crippen molar-refractivity contribution in [3.8, 4) is 0 Å². The van der Waals surface area contributed by atoms with E-state index in [1.807, 2.05) is 6.92 Å². The average Bonchev–Trinajstić information content (AvgIpc) is 2.21. The summed E-state index contributed by atoms with van der Waals surface area (Å²) in [6, 6.07) is 0. The van der Waals surface area contributed by atoms with Gasteiger partial charge in [0.1, 0.15) is 0 Å². The third kappa shape index (κ3) is 4.18. The van der Waals surface area contributed by atoms with E-state index >= 15 is 0 Å². The van der Waals surface area contributed by atoms with Crippen LogP contribution in [0.2, 0.25) is 0 Å². The molecule has 0 unspecified atom stereocenters. The predicted octanol–water partition coefficient (Wildman–Crippen LogP) is 1.36. The molecule has 0 bridgehead atoms. The second-order valence-corrected chi connectivity index (χ2v) is 3.30. The van der Waals surface area contributed by atoms with Crippen molar-refractivity contribution >= 4 is 5.95 Å². The van der Waals surface area contributed by atoms with Gasteiger partial charge in [-0.1, -0.05) is 0 Å². The fourth-order valence-corrected chi connectivity index (χ4v) is 1.10. The highest BCUT2D eigenvalue weighted by molar-refractivity contribution is 5.23. The van der Waals surface area contributed by atoms with Crippen molar-refractivity contribution in [3.05, 3.63) is 18.0 Å². The lowest BCUT2D eigenvalue weighted by atomic mass is 10.2. The van der Waals surface area contributed by atoms with E-state index < -0.39 is 0 Å². The highest BCUT2D eigenvalue weighted by Gasteiger charge is 1.93. The predicted molar refractivity (Wildman–Crippen MR) is 56.2 cm³/mol. The molecule has 14 heavy (non-hydrogen) atoms.